The van der Waals surface area contributed by atoms with Gasteiger partial charge >= 0.3 is 0 Å². The van der Waals surface area contributed by atoms with E-state index in [-0.39, 0.29) is 54.3 Å². The average molecular weight is 482 g/mol. The smallest absolute Gasteiger partial charge is 0.239 e. The molecule has 0 aliphatic heterocycles. The molecule has 7 nitrogen and oxygen atoms in total. The van der Waals surface area contributed by atoms with E-state index >= 15 is 0 Å². The molecule has 0 aliphatic carbocycles. The van der Waals surface area contributed by atoms with Crippen LogP contribution in [0.2, 0.25) is 0 Å². The van der Waals surface area contributed by atoms with Gasteiger partial charge in [-0.25, -0.2) is 8.42 Å². The summed E-state index contributed by atoms with van der Waals surface area (Å²) in [4.78, 5) is 16.0. The second-order valence-electron chi connectivity index (χ2n) is 6.28. The van der Waals surface area contributed by atoms with Gasteiger partial charge in [0, 0.05) is 19.1 Å². The van der Waals surface area contributed by atoms with E-state index in [0.29, 0.717) is 10.9 Å². The van der Waals surface area contributed by atoms with Crippen LogP contribution < -0.4 is 16.0 Å². The number of amides is 1. The number of hydrogen-bond acceptors (Lipinski definition) is 4. The Bertz CT molecular complexity index is 670. The van der Waals surface area contributed by atoms with E-state index in [1.54, 1.807) is 37.4 Å². The number of benzene rings is 1. The van der Waals surface area contributed by atoms with Crippen molar-refractivity contribution in [3.8, 4) is 0 Å². The van der Waals surface area contributed by atoms with Crippen molar-refractivity contribution < 1.29 is 13.2 Å². The van der Waals surface area contributed by atoms with E-state index in [1.165, 1.54) is 0 Å². The van der Waals surface area contributed by atoms with E-state index in [2.05, 4.69) is 20.9 Å². The molecule has 0 unspecified atom stereocenters. The summed E-state index contributed by atoms with van der Waals surface area (Å²) in [5, 5.41) is 8.56. The molecular weight excluding hydrogens is 455 g/mol. The van der Waals surface area contributed by atoms with Gasteiger partial charge in [-0.05, 0) is 32.9 Å². The van der Waals surface area contributed by atoms with Crippen molar-refractivity contribution in [2.24, 2.45) is 4.99 Å². The molecular formula is C16H27IN4O3S. The number of guanidine groups is 1. The summed E-state index contributed by atoms with van der Waals surface area (Å²) in [6.45, 7) is 5.94. The number of rotatable bonds is 6. The zero-order valence-corrected chi connectivity index (χ0v) is 18.1. The lowest BCUT2D eigenvalue weighted by molar-refractivity contribution is -0.121. The number of carbonyl (C=O) groups is 1. The highest BCUT2D eigenvalue weighted by Crippen LogP contribution is 2.09. The molecule has 1 amide bonds. The van der Waals surface area contributed by atoms with Gasteiger partial charge in [0.2, 0.25) is 5.91 Å². The lowest BCUT2D eigenvalue weighted by Crippen LogP contribution is -2.48. The van der Waals surface area contributed by atoms with Gasteiger partial charge in [-0.3, -0.25) is 9.79 Å². The predicted molar refractivity (Wildman–Crippen MR) is 111 cm³/mol. The van der Waals surface area contributed by atoms with Crippen molar-refractivity contribution in [1.82, 2.24) is 16.0 Å². The van der Waals surface area contributed by atoms with Crippen LogP contribution in [0.1, 0.15) is 20.8 Å². The topological polar surface area (TPSA) is 99.7 Å². The number of aliphatic imine (C=N–C) groups is 1. The van der Waals surface area contributed by atoms with Crippen LogP contribution in [0, 0.1) is 0 Å². The molecule has 0 heterocycles. The molecule has 1 rings (SSSR count). The van der Waals surface area contributed by atoms with Gasteiger partial charge in [-0.1, -0.05) is 18.2 Å². The third kappa shape index (κ3) is 9.63. The molecule has 9 heteroatoms. The minimum atomic E-state index is -3.34. The van der Waals surface area contributed by atoms with Gasteiger partial charge in [0.1, 0.15) is 0 Å². The maximum Gasteiger partial charge on any atom is 0.239 e. The van der Waals surface area contributed by atoms with Crippen LogP contribution in [0.5, 0.6) is 0 Å². The lowest BCUT2D eigenvalue weighted by Gasteiger charge is -2.21. The van der Waals surface area contributed by atoms with Gasteiger partial charge in [-0.2, -0.15) is 0 Å². The van der Waals surface area contributed by atoms with Crippen molar-refractivity contribution in [3.05, 3.63) is 30.3 Å². The highest BCUT2D eigenvalue weighted by molar-refractivity contribution is 14.0. The molecule has 0 saturated heterocycles. The van der Waals surface area contributed by atoms with Crippen LogP contribution in [-0.2, 0) is 14.6 Å². The van der Waals surface area contributed by atoms with Gasteiger partial charge in [-0.15, -0.1) is 24.0 Å². The Morgan fingerprint density at radius 1 is 1.12 bits per heavy atom. The summed E-state index contributed by atoms with van der Waals surface area (Å²) in [5.74, 6) is 0.149. The van der Waals surface area contributed by atoms with Crippen LogP contribution in [0.15, 0.2) is 40.2 Å². The monoisotopic (exact) mass is 482 g/mol. The van der Waals surface area contributed by atoms with Crippen LogP contribution in [-0.4, -0.2) is 51.7 Å². The average Bonchev–Trinajstić information content (AvgIpc) is 2.49. The molecule has 142 valence electrons. The predicted octanol–water partition coefficient (Wildman–Crippen LogP) is 1.16. The van der Waals surface area contributed by atoms with Crippen molar-refractivity contribution in [2.45, 2.75) is 31.2 Å². The minimum absolute atomic E-state index is 0. The molecule has 25 heavy (non-hydrogen) atoms. The van der Waals surface area contributed by atoms with Crippen molar-refractivity contribution >= 4 is 45.7 Å². The maximum atomic E-state index is 12.2. The second-order valence-corrected chi connectivity index (χ2v) is 8.39. The van der Waals surface area contributed by atoms with Crippen molar-refractivity contribution in [2.75, 3.05) is 25.9 Å². The Morgan fingerprint density at radius 3 is 2.24 bits per heavy atom. The Hall–Kier alpha value is -1.36. The fourth-order valence-electron chi connectivity index (χ4n) is 1.90. The summed E-state index contributed by atoms with van der Waals surface area (Å²) in [6, 6.07) is 8.29. The fraction of sp³-hybridized carbons (Fsp3) is 0.500. The highest BCUT2D eigenvalue weighted by Gasteiger charge is 2.15. The molecule has 0 radical (unpaired) electrons. The first-order chi connectivity index (χ1) is 11.1. The number of halogens is 1. The first kappa shape index (κ1) is 23.6. The van der Waals surface area contributed by atoms with Gasteiger partial charge in [0.25, 0.3) is 0 Å². The molecule has 0 fully saturated rings. The van der Waals surface area contributed by atoms with E-state index in [4.69, 9.17) is 0 Å². The minimum Gasteiger partial charge on any atom is -0.355 e. The Labute approximate surface area is 167 Å². The maximum absolute atomic E-state index is 12.2. The van der Waals surface area contributed by atoms with Crippen LogP contribution in [0.25, 0.3) is 0 Å². The van der Waals surface area contributed by atoms with Crippen LogP contribution >= 0.6 is 24.0 Å². The third-order valence-corrected chi connectivity index (χ3v) is 4.65. The molecule has 0 atom stereocenters. The number of nitrogens with one attached hydrogen (secondary N) is 3. The molecule has 0 bridgehead atoms. The normalized spacial score (nSPS) is 12.1. The standard InChI is InChI=1S/C16H26N4O3S.HI/c1-16(2,3)20-14(21)12-19-15(17-4)18-10-11-24(22,23)13-8-6-5-7-9-13;/h5-9H,10-12H2,1-4H3,(H,20,21)(H2,17,18,19);1H. The Balaban J connectivity index is 0.00000576. The number of nitrogens with zero attached hydrogens (tertiary/aromatic N) is 1. The summed E-state index contributed by atoms with van der Waals surface area (Å²) >= 11 is 0. The summed E-state index contributed by atoms with van der Waals surface area (Å²) in [5.41, 5.74) is -0.306. The molecule has 1 aromatic rings. The van der Waals surface area contributed by atoms with Gasteiger partial charge in [0.05, 0.1) is 17.2 Å². The lowest BCUT2D eigenvalue weighted by atomic mass is 10.1. The zero-order valence-electron chi connectivity index (χ0n) is 15.0. The molecule has 0 aliphatic rings. The van der Waals surface area contributed by atoms with Gasteiger partial charge in [0.15, 0.2) is 15.8 Å². The highest BCUT2D eigenvalue weighted by atomic mass is 127. The third-order valence-electron chi connectivity index (χ3n) is 2.92. The molecule has 0 aromatic heterocycles. The molecule has 0 spiro atoms. The van der Waals surface area contributed by atoms with Gasteiger partial charge < -0.3 is 16.0 Å². The Morgan fingerprint density at radius 2 is 1.72 bits per heavy atom. The number of hydrogen-bond donors (Lipinski definition) is 3. The second kappa shape index (κ2) is 10.6. The summed E-state index contributed by atoms with van der Waals surface area (Å²) in [6.07, 6.45) is 0. The quantitative estimate of drug-likeness (QED) is 0.321. The zero-order chi connectivity index (χ0) is 18.2. The fourth-order valence-corrected chi connectivity index (χ4v) is 3.07. The summed E-state index contributed by atoms with van der Waals surface area (Å²) in [7, 11) is -1.79. The van der Waals surface area contributed by atoms with Crippen LogP contribution in [0.4, 0.5) is 0 Å². The SMILES string of the molecule is CN=C(NCCS(=O)(=O)c1ccccc1)NCC(=O)NC(C)(C)C.I. The largest absolute Gasteiger partial charge is 0.355 e. The number of sulfone groups is 1. The van der Waals surface area contributed by atoms with Crippen molar-refractivity contribution in [3.63, 3.8) is 0 Å². The Kier molecular flexibility index (Phi) is 10.0. The van der Waals surface area contributed by atoms with E-state index < -0.39 is 9.84 Å². The van der Waals surface area contributed by atoms with E-state index in [9.17, 15) is 13.2 Å². The molecule has 3 N–H and O–H groups in total. The molecule has 0 saturated carbocycles. The molecule has 1 aromatic carbocycles. The summed E-state index contributed by atoms with van der Waals surface area (Å²) < 4.78 is 24.3. The van der Waals surface area contributed by atoms with Crippen molar-refractivity contribution in [1.29, 1.82) is 0 Å². The first-order valence-electron chi connectivity index (χ1n) is 7.67. The number of carbonyl (C=O) groups excluding carboxylic acids is 1. The first-order valence-corrected chi connectivity index (χ1v) is 9.32. The van der Waals surface area contributed by atoms with E-state index in [1.807, 2.05) is 20.8 Å². The van der Waals surface area contributed by atoms with E-state index in [0.717, 1.165) is 0 Å². The van der Waals surface area contributed by atoms with Crippen LogP contribution in [0.3, 0.4) is 0 Å².